The lowest BCUT2D eigenvalue weighted by atomic mass is 10.0. The normalized spacial score (nSPS) is 15.9. The summed E-state index contributed by atoms with van der Waals surface area (Å²) in [5, 5.41) is 1.20. The zero-order valence-electron chi connectivity index (χ0n) is 8.77. The first-order valence-electron chi connectivity index (χ1n) is 4.89. The van der Waals surface area contributed by atoms with Gasteiger partial charge in [-0.1, -0.05) is 32.0 Å². The Morgan fingerprint density at radius 1 is 1.33 bits per heavy atom. The van der Waals surface area contributed by atoms with Gasteiger partial charge in [0.15, 0.2) is 0 Å². The highest BCUT2D eigenvalue weighted by atomic mass is 16.9. The first-order chi connectivity index (χ1) is 7.20. The van der Waals surface area contributed by atoms with Crippen molar-refractivity contribution in [2.45, 2.75) is 19.8 Å². The third-order valence-corrected chi connectivity index (χ3v) is 2.31. The van der Waals surface area contributed by atoms with E-state index in [1.165, 1.54) is 5.06 Å². The summed E-state index contributed by atoms with van der Waals surface area (Å²) < 4.78 is 4.72. The van der Waals surface area contributed by atoms with Crippen molar-refractivity contribution in [3.05, 3.63) is 29.8 Å². The molecule has 1 heterocycles. The number of hydrogen-bond acceptors (Lipinski definition) is 3. The van der Waals surface area contributed by atoms with E-state index in [1.54, 1.807) is 0 Å². The van der Waals surface area contributed by atoms with Crippen molar-refractivity contribution >= 4 is 11.8 Å². The number of amides is 1. The first kappa shape index (κ1) is 9.98. The summed E-state index contributed by atoms with van der Waals surface area (Å²) >= 11 is 0. The zero-order valence-corrected chi connectivity index (χ0v) is 8.77. The van der Waals surface area contributed by atoms with Gasteiger partial charge < -0.3 is 4.74 Å². The molecule has 1 fully saturated rings. The Bertz CT molecular complexity index is 376. The number of ether oxygens (including phenoxy) is 1. The lowest BCUT2D eigenvalue weighted by Crippen LogP contribution is -2.23. The van der Waals surface area contributed by atoms with Crippen LogP contribution in [0.3, 0.4) is 0 Å². The van der Waals surface area contributed by atoms with Crippen LogP contribution in [0, 0.1) is 0 Å². The summed E-state index contributed by atoms with van der Waals surface area (Å²) in [7, 11) is 0. The molecule has 1 aromatic rings. The molecule has 0 unspecified atom stereocenters. The number of carbonyl (C=O) groups excluding carboxylic acids is 1. The highest BCUT2D eigenvalue weighted by Gasteiger charge is 2.27. The highest BCUT2D eigenvalue weighted by molar-refractivity contribution is 5.87. The van der Waals surface area contributed by atoms with Crippen molar-refractivity contribution in [1.29, 1.82) is 0 Å². The van der Waals surface area contributed by atoms with Crippen molar-refractivity contribution < 1.29 is 14.4 Å². The molecule has 1 aliphatic heterocycles. The van der Waals surface area contributed by atoms with Crippen LogP contribution in [0.2, 0.25) is 0 Å². The Hall–Kier alpha value is -1.55. The first-order valence-corrected chi connectivity index (χ1v) is 4.89. The van der Waals surface area contributed by atoms with Crippen molar-refractivity contribution in [3.63, 3.8) is 0 Å². The minimum atomic E-state index is -0.455. The minimum absolute atomic E-state index is 0.00867. The van der Waals surface area contributed by atoms with Crippen LogP contribution in [0.4, 0.5) is 10.5 Å². The molecule has 1 aromatic carbocycles. The second-order valence-electron chi connectivity index (χ2n) is 3.67. The molecule has 1 saturated heterocycles. The van der Waals surface area contributed by atoms with Gasteiger partial charge in [-0.25, -0.2) is 9.63 Å². The lowest BCUT2D eigenvalue weighted by molar-refractivity contribution is 0.0703. The average Bonchev–Trinajstić information content (AvgIpc) is 2.64. The smallest absolute Gasteiger partial charge is 0.418 e. The maximum Gasteiger partial charge on any atom is 0.441 e. The zero-order chi connectivity index (χ0) is 10.8. The van der Waals surface area contributed by atoms with Crippen molar-refractivity contribution in [2.75, 3.05) is 11.9 Å². The molecular weight excluding hydrogens is 194 g/mol. The van der Waals surface area contributed by atoms with Gasteiger partial charge in [0, 0.05) is 0 Å². The predicted octanol–water partition coefficient (Wildman–Crippen LogP) is 2.66. The van der Waals surface area contributed by atoms with Gasteiger partial charge >= 0.3 is 6.09 Å². The standard InChI is InChI=1S/C11H13NO3/c1-8(2)9-5-3-4-6-10(9)12-11(13)14-7-15-12/h3-6,8H,7H2,1-2H3. The molecule has 0 spiro atoms. The molecule has 0 aromatic heterocycles. The summed E-state index contributed by atoms with van der Waals surface area (Å²) in [6.07, 6.45) is -0.455. The lowest BCUT2D eigenvalue weighted by Gasteiger charge is -2.17. The second kappa shape index (κ2) is 3.90. The van der Waals surface area contributed by atoms with Crippen LogP contribution in [0.1, 0.15) is 25.3 Å². The fourth-order valence-electron chi connectivity index (χ4n) is 1.57. The number of benzene rings is 1. The summed E-state index contributed by atoms with van der Waals surface area (Å²) in [5.41, 5.74) is 1.83. The number of anilines is 1. The summed E-state index contributed by atoms with van der Waals surface area (Å²) in [4.78, 5) is 16.4. The van der Waals surface area contributed by atoms with E-state index >= 15 is 0 Å². The molecule has 1 aliphatic rings. The van der Waals surface area contributed by atoms with Gasteiger partial charge in [0.2, 0.25) is 6.79 Å². The van der Waals surface area contributed by atoms with E-state index in [1.807, 2.05) is 24.3 Å². The molecule has 15 heavy (non-hydrogen) atoms. The van der Waals surface area contributed by atoms with Crippen LogP contribution in [0.25, 0.3) is 0 Å². The molecule has 1 amide bonds. The predicted molar refractivity (Wildman–Crippen MR) is 55.4 cm³/mol. The molecule has 0 saturated carbocycles. The maximum absolute atomic E-state index is 11.3. The fourth-order valence-corrected chi connectivity index (χ4v) is 1.57. The number of carbonyl (C=O) groups is 1. The molecule has 0 aliphatic carbocycles. The molecule has 0 N–H and O–H groups in total. The number of rotatable bonds is 2. The van der Waals surface area contributed by atoms with Crippen LogP contribution in [-0.2, 0) is 9.57 Å². The van der Waals surface area contributed by atoms with Crippen LogP contribution < -0.4 is 5.06 Å². The van der Waals surface area contributed by atoms with Gasteiger partial charge in [-0.3, -0.25) is 0 Å². The van der Waals surface area contributed by atoms with E-state index in [2.05, 4.69) is 13.8 Å². The van der Waals surface area contributed by atoms with Gasteiger partial charge in [-0.05, 0) is 17.5 Å². The van der Waals surface area contributed by atoms with Gasteiger partial charge in [0.05, 0.1) is 5.69 Å². The molecule has 2 rings (SSSR count). The molecule has 4 nitrogen and oxygen atoms in total. The summed E-state index contributed by atoms with van der Waals surface area (Å²) in [5.74, 6) is 0.332. The molecule has 0 radical (unpaired) electrons. The molecule has 0 bridgehead atoms. The molecule has 80 valence electrons. The van der Waals surface area contributed by atoms with Crippen molar-refractivity contribution in [2.24, 2.45) is 0 Å². The Morgan fingerprint density at radius 3 is 2.67 bits per heavy atom. The van der Waals surface area contributed by atoms with Gasteiger partial charge in [-0.15, -0.1) is 5.06 Å². The third-order valence-electron chi connectivity index (χ3n) is 2.31. The van der Waals surface area contributed by atoms with E-state index in [0.717, 1.165) is 11.3 Å². The van der Waals surface area contributed by atoms with E-state index < -0.39 is 6.09 Å². The van der Waals surface area contributed by atoms with Gasteiger partial charge in [-0.2, -0.15) is 0 Å². The minimum Gasteiger partial charge on any atom is -0.418 e. The maximum atomic E-state index is 11.3. The Labute approximate surface area is 88.4 Å². The average molecular weight is 207 g/mol. The number of para-hydroxylation sites is 1. The molecule has 0 atom stereocenters. The quantitative estimate of drug-likeness (QED) is 0.748. The largest absolute Gasteiger partial charge is 0.441 e. The SMILES string of the molecule is CC(C)c1ccccc1N1OCOC1=O. The number of cyclic esters (lactones) is 1. The topological polar surface area (TPSA) is 38.8 Å². The van der Waals surface area contributed by atoms with E-state index in [4.69, 9.17) is 9.57 Å². The van der Waals surface area contributed by atoms with E-state index in [9.17, 15) is 4.79 Å². The number of hydroxylamine groups is 1. The van der Waals surface area contributed by atoms with Crippen LogP contribution in [0.15, 0.2) is 24.3 Å². The van der Waals surface area contributed by atoms with Gasteiger partial charge in [0.25, 0.3) is 0 Å². The number of hydrogen-bond donors (Lipinski definition) is 0. The number of nitrogens with zero attached hydrogens (tertiary/aromatic N) is 1. The van der Waals surface area contributed by atoms with Gasteiger partial charge in [0.1, 0.15) is 0 Å². The Morgan fingerprint density at radius 2 is 2.07 bits per heavy atom. The summed E-state index contributed by atoms with van der Waals surface area (Å²) in [6.45, 7) is 4.13. The summed E-state index contributed by atoms with van der Waals surface area (Å²) in [6, 6.07) is 7.65. The highest BCUT2D eigenvalue weighted by Crippen LogP contribution is 2.29. The Kier molecular flexibility index (Phi) is 2.60. The van der Waals surface area contributed by atoms with Crippen LogP contribution >= 0.6 is 0 Å². The third kappa shape index (κ3) is 1.80. The van der Waals surface area contributed by atoms with Crippen molar-refractivity contribution in [1.82, 2.24) is 0 Å². The fraction of sp³-hybridized carbons (Fsp3) is 0.364. The second-order valence-corrected chi connectivity index (χ2v) is 3.67. The molecular formula is C11H13NO3. The van der Waals surface area contributed by atoms with Crippen LogP contribution in [-0.4, -0.2) is 12.9 Å². The van der Waals surface area contributed by atoms with Crippen LogP contribution in [0.5, 0.6) is 0 Å². The molecule has 4 heteroatoms. The van der Waals surface area contributed by atoms with Crippen molar-refractivity contribution in [3.8, 4) is 0 Å². The van der Waals surface area contributed by atoms with E-state index in [0.29, 0.717) is 5.92 Å². The monoisotopic (exact) mass is 207 g/mol. The Balaban J connectivity index is 2.38. The van der Waals surface area contributed by atoms with E-state index in [-0.39, 0.29) is 6.79 Å².